The van der Waals surface area contributed by atoms with E-state index in [1.807, 2.05) is 0 Å². The Morgan fingerprint density at radius 1 is 1.50 bits per heavy atom. The zero-order valence-corrected chi connectivity index (χ0v) is 9.77. The number of alkyl halides is 3. The van der Waals surface area contributed by atoms with E-state index in [9.17, 15) is 21.6 Å². The quantitative estimate of drug-likeness (QED) is 0.827. The molecule has 0 aliphatic carbocycles. The van der Waals surface area contributed by atoms with Crippen molar-refractivity contribution >= 4 is 25.4 Å². The van der Waals surface area contributed by atoms with Crippen LogP contribution in [0.15, 0.2) is 11.1 Å². The number of anilines is 1. The second-order valence-corrected chi connectivity index (χ2v) is 5.35. The second kappa shape index (κ2) is 4.51. The van der Waals surface area contributed by atoms with E-state index in [1.165, 1.54) is 6.07 Å². The Labute approximate surface area is 103 Å². The number of hydrogen-bond donors (Lipinski definition) is 1. The van der Waals surface area contributed by atoms with Crippen LogP contribution in [0, 0.1) is 11.3 Å². The summed E-state index contributed by atoms with van der Waals surface area (Å²) in [5.41, 5.74) is 3.60. The lowest BCUT2D eigenvalue weighted by atomic mass is 10.2. The third-order valence-electron chi connectivity index (χ3n) is 1.63. The van der Waals surface area contributed by atoms with Crippen LogP contribution in [0.3, 0.4) is 0 Å². The Bertz CT molecular complexity index is 623. The van der Waals surface area contributed by atoms with E-state index in [0.29, 0.717) is 6.20 Å². The molecule has 0 unspecified atom stereocenters. The van der Waals surface area contributed by atoms with Gasteiger partial charge in [0.25, 0.3) is 9.05 Å². The maximum absolute atomic E-state index is 12.0. The minimum absolute atomic E-state index is 0.472. The maximum Gasteiger partial charge on any atom is 0.574 e. The first-order valence-corrected chi connectivity index (χ1v) is 6.26. The first-order valence-electron chi connectivity index (χ1n) is 3.95. The molecule has 6 nitrogen and oxygen atoms in total. The first-order chi connectivity index (χ1) is 8.06. The molecule has 0 saturated carbocycles. The van der Waals surface area contributed by atoms with E-state index in [2.05, 4.69) is 9.72 Å². The van der Waals surface area contributed by atoms with Crippen molar-refractivity contribution in [2.24, 2.45) is 0 Å². The van der Waals surface area contributed by atoms with Crippen LogP contribution in [0.2, 0.25) is 0 Å². The van der Waals surface area contributed by atoms with E-state index in [0.717, 1.165) is 0 Å². The molecule has 0 amide bonds. The number of nitriles is 1. The highest BCUT2D eigenvalue weighted by Crippen LogP contribution is 2.32. The molecule has 11 heteroatoms. The summed E-state index contributed by atoms with van der Waals surface area (Å²) in [5.74, 6) is -1.15. The lowest BCUT2D eigenvalue weighted by molar-refractivity contribution is -0.276. The second-order valence-electron chi connectivity index (χ2n) is 2.81. The molecule has 0 aromatic carbocycles. The van der Waals surface area contributed by atoms with E-state index in [-0.39, 0.29) is 0 Å². The van der Waals surface area contributed by atoms with E-state index in [1.54, 1.807) is 0 Å². The van der Waals surface area contributed by atoms with Crippen LogP contribution in [-0.4, -0.2) is 19.8 Å². The minimum atomic E-state index is -5.09. The van der Waals surface area contributed by atoms with Crippen molar-refractivity contribution < 1.29 is 26.3 Å². The van der Waals surface area contributed by atoms with Crippen LogP contribution in [0.25, 0.3) is 0 Å². The SMILES string of the molecule is N#Cc1c(OC(F)(F)F)ncc(S(=O)(=O)Cl)c1N. The van der Waals surface area contributed by atoms with Crippen molar-refractivity contribution in [2.75, 3.05) is 5.73 Å². The number of halogens is 4. The molecule has 0 aliphatic heterocycles. The summed E-state index contributed by atoms with van der Waals surface area (Å²) in [6.45, 7) is 0. The van der Waals surface area contributed by atoms with Crippen molar-refractivity contribution in [1.29, 1.82) is 5.26 Å². The van der Waals surface area contributed by atoms with Gasteiger partial charge in [-0.2, -0.15) is 5.26 Å². The molecule has 98 valence electrons. The molecule has 0 bridgehead atoms. The molecular weight excluding hydrogens is 299 g/mol. The summed E-state index contributed by atoms with van der Waals surface area (Å²) < 4.78 is 61.3. The van der Waals surface area contributed by atoms with Gasteiger partial charge in [-0.1, -0.05) is 0 Å². The van der Waals surface area contributed by atoms with Crippen molar-refractivity contribution in [3.63, 3.8) is 0 Å². The van der Waals surface area contributed by atoms with Gasteiger partial charge in [0.15, 0.2) is 0 Å². The Balaban J connectivity index is 3.45. The Morgan fingerprint density at radius 2 is 2.06 bits per heavy atom. The number of pyridine rings is 1. The average Bonchev–Trinajstić information content (AvgIpc) is 2.13. The van der Waals surface area contributed by atoms with Gasteiger partial charge in [0.2, 0.25) is 5.88 Å². The van der Waals surface area contributed by atoms with Crippen LogP contribution >= 0.6 is 10.7 Å². The molecule has 18 heavy (non-hydrogen) atoms. The third kappa shape index (κ3) is 3.14. The maximum atomic E-state index is 12.0. The smallest absolute Gasteiger partial charge is 0.396 e. The van der Waals surface area contributed by atoms with Crippen molar-refractivity contribution in [3.8, 4) is 11.9 Å². The third-order valence-corrected chi connectivity index (χ3v) is 2.98. The molecule has 0 aliphatic rings. The van der Waals surface area contributed by atoms with Crippen LogP contribution in [0.4, 0.5) is 18.9 Å². The van der Waals surface area contributed by atoms with E-state index in [4.69, 9.17) is 21.7 Å². The van der Waals surface area contributed by atoms with E-state index >= 15 is 0 Å². The first kappa shape index (κ1) is 14.3. The molecule has 1 heterocycles. The van der Waals surface area contributed by atoms with Gasteiger partial charge in [0.05, 0.1) is 11.9 Å². The van der Waals surface area contributed by atoms with E-state index < -0.39 is 37.4 Å². The van der Waals surface area contributed by atoms with Crippen molar-refractivity contribution in [1.82, 2.24) is 4.98 Å². The van der Waals surface area contributed by atoms with Gasteiger partial charge in [-0.15, -0.1) is 13.2 Å². The highest BCUT2D eigenvalue weighted by Gasteiger charge is 2.34. The van der Waals surface area contributed by atoms with Crippen LogP contribution in [-0.2, 0) is 9.05 Å². The van der Waals surface area contributed by atoms with Gasteiger partial charge in [-0.3, -0.25) is 0 Å². The van der Waals surface area contributed by atoms with Gasteiger partial charge in [-0.25, -0.2) is 13.4 Å². The zero-order valence-electron chi connectivity index (χ0n) is 8.19. The predicted molar refractivity (Wildman–Crippen MR) is 53.1 cm³/mol. The number of nitrogens with two attached hydrogens (primary N) is 1. The minimum Gasteiger partial charge on any atom is -0.396 e. The lowest BCUT2D eigenvalue weighted by Gasteiger charge is -2.11. The Hall–Kier alpha value is -1.73. The summed E-state index contributed by atoms with van der Waals surface area (Å²) >= 11 is 0. The zero-order chi connectivity index (χ0) is 14.1. The Morgan fingerprint density at radius 3 is 2.44 bits per heavy atom. The number of nitrogen functional groups attached to an aromatic ring is 1. The largest absolute Gasteiger partial charge is 0.574 e. The summed E-state index contributed by atoms with van der Waals surface area (Å²) in [6, 6.07) is 1.26. The molecule has 0 fully saturated rings. The molecule has 1 aromatic rings. The molecule has 0 atom stereocenters. The number of rotatable bonds is 2. The van der Waals surface area contributed by atoms with Gasteiger partial charge in [0, 0.05) is 10.7 Å². The Kier molecular flexibility index (Phi) is 3.59. The predicted octanol–water partition coefficient (Wildman–Crippen LogP) is 1.36. The van der Waals surface area contributed by atoms with Gasteiger partial charge >= 0.3 is 6.36 Å². The highest BCUT2D eigenvalue weighted by molar-refractivity contribution is 8.13. The molecule has 2 N–H and O–H groups in total. The van der Waals surface area contributed by atoms with Crippen LogP contribution in [0.5, 0.6) is 5.88 Å². The topological polar surface area (TPSA) is 106 Å². The fourth-order valence-electron chi connectivity index (χ4n) is 0.979. The normalized spacial score (nSPS) is 11.9. The number of nitrogens with zero attached hydrogens (tertiary/aromatic N) is 2. The fourth-order valence-corrected chi connectivity index (χ4v) is 1.89. The van der Waals surface area contributed by atoms with Gasteiger partial charge in [-0.05, 0) is 0 Å². The fraction of sp³-hybridized carbons (Fsp3) is 0.143. The molecule has 0 spiro atoms. The molecule has 1 rings (SSSR count). The van der Waals surface area contributed by atoms with Gasteiger partial charge in [0.1, 0.15) is 16.5 Å². The lowest BCUT2D eigenvalue weighted by Crippen LogP contribution is -2.19. The monoisotopic (exact) mass is 301 g/mol. The highest BCUT2D eigenvalue weighted by atomic mass is 35.7. The number of ether oxygens (including phenoxy) is 1. The summed E-state index contributed by atoms with van der Waals surface area (Å²) in [6.07, 6.45) is -4.62. The molecular formula is C7H3ClF3N3O3S. The van der Waals surface area contributed by atoms with Crippen molar-refractivity contribution in [2.45, 2.75) is 11.3 Å². The molecule has 1 aromatic heterocycles. The summed E-state index contributed by atoms with van der Waals surface area (Å²) in [7, 11) is 0.628. The van der Waals surface area contributed by atoms with Crippen LogP contribution < -0.4 is 10.5 Å². The molecule has 0 saturated heterocycles. The standard InChI is InChI=1S/C7H3ClF3N3O3S/c8-18(15,16)4-2-14-6(17-7(9,10)11)3(1-12)5(4)13/h2H,(H2,13,14). The van der Waals surface area contributed by atoms with Crippen molar-refractivity contribution in [3.05, 3.63) is 11.8 Å². The van der Waals surface area contributed by atoms with Crippen LogP contribution in [0.1, 0.15) is 5.56 Å². The van der Waals surface area contributed by atoms with Gasteiger partial charge < -0.3 is 10.5 Å². The summed E-state index contributed by atoms with van der Waals surface area (Å²) in [4.78, 5) is 2.29. The average molecular weight is 302 g/mol. The molecule has 0 radical (unpaired) electrons. The number of hydrogen-bond acceptors (Lipinski definition) is 6. The summed E-state index contributed by atoms with van der Waals surface area (Å²) in [5, 5.41) is 8.63. The number of aromatic nitrogens is 1.